The number of likely N-dealkylation sites (N-methyl/N-ethyl adjacent to an activating group) is 2. The second-order valence-corrected chi connectivity index (χ2v) is 6.30. The lowest BCUT2D eigenvalue weighted by atomic mass is 9.89. The molecule has 21 heavy (non-hydrogen) atoms. The van der Waals surface area contributed by atoms with Crippen molar-refractivity contribution in [2.75, 3.05) is 20.2 Å². The average molecular weight is 288 g/mol. The van der Waals surface area contributed by atoms with Gasteiger partial charge >= 0.3 is 0 Å². The molecule has 0 radical (unpaired) electrons. The number of para-hydroxylation sites is 1. The van der Waals surface area contributed by atoms with Gasteiger partial charge in [0.15, 0.2) is 0 Å². The zero-order valence-corrected chi connectivity index (χ0v) is 13.3. The average Bonchev–Trinajstić information content (AvgIpc) is 2.56. The Morgan fingerprint density at radius 2 is 1.95 bits per heavy atom. The molecule has 1 aliphatic heterocycles. The lowest BCUT2D eigenvalue weighted by molar-refractivity contribution is 0.0436. The van der Waals surface area contributed by atoms with Gasteiger partial charge in [-0.25, -0.2) is 0 Å². The molecule has 2 aliphatic rings. The highest BCUT2D eigenvalue weighted by Gasteiger charge is 2.36. The van der Waals surface area contributed by atoms with E-state index in [1.165, 1.54) is 37.7 Å². The van der Waals surface area contributed by atoms with Crippen molar-refractivity contribution < 1.29 is 4.74 Å². The molecule has 3 nitrogen and oxygen atoms in total. The van der Waals surface area contributed by atoms with Crippen LogP contribution in [0.15, 0.2) is 24.3 Å². The minimum atomic E-state index is 0.372. The molecule has 0 aromatic heterocycles. The Kier molecular flexibility index (Phi) is 4.81. The highest BCUT2D eigenvalue weighted by molar-refractivity contribution is 5.38. The lowest BCUT2D eigenvalue weighted by Gasteiger charge is -2.45. The van der Waals surface area contributed by atoms with Crippen LogP contribution in [0.1, 0.15) is 50.6 Å². The van der Waals surface area contributed by atoms with E-state index in [4.69, 9.17) is 4.74 Å². The summed E-state index contributed by atoms with van der Waals surface area (Å²) in [5.41, 5.74) is 1.31. The van der Waals surface area contributed by atoms with Crippen molar-refractivity contribution in [3.05, 3.63) is 29.8 Å². The smallest absolute Gasteiger partial charge is 0.124 e. The molecule has 2 atom stereocenters. The second kappa shape index (κ2) is 6.80. The largest absolute Gasteiger partial charge is 0.492 e. The number of ether oxygens (including phenoxy) is 1. The first kappa shape index (κ1) is 14.9. The van der Waals surface area contributed by atoms with Gasteiger partial charge in [-0.05, 0) is 32.5 Å². The maximum Gasteiger partial charge on any atom is 0.124 e. The number of fused-ring (bicyclic) bond motifs is 1. The molecule has 0 saturated heterocycles. The van der Waals surface area contributed by atoms with E-state index in [9.17, 15) is 0 Å². The third kappa shape index (κ3) is 2.95. The zero-order valence-electron chi connectivity index (χ0n) is 13.3. The first-order chi connectivity index (χ1) is 10.3. The summed E-state index contributed by atoms with van der Waals surface area (Å²) < 4.78 is 6.06. The van der Waals surface area contributed by atoms with Crippen molar-refractivity contribution >= 4 is 0 Å². The van der Waals surface area contributed by atoms with Crippen molar-refractivity contribution in [3.8, 4) is 5.75 Å². The Balaban J connectivity index is 1.83. The molecule has 1 fully saturated rings. The van der Waals surface area contributed by atoms with Gasteiger partial charge < -0.3 is 10.1 Å². The number of nitrogens with one attached hydrogen (secondary N) is 1. The van der Waals surface area contributed by atoms with Crippen molar-refractivity contribution in [1.29, 1.82) is 0 Å². The zero-order chi connectivity index (χ0) is 14.7. The predicted molar refractivity (Wildman–Crippen MR) is 86.8 cm³/mol. The van der Waals surface area contributed by atoms with Crippen LogP contribution in [0.5, 0.6) is 5.75 Å². The monoisotopic (exact) mass is 288 g/mol. The molecule has 1 saturated carbocycles. The van der Waals surface area contributed by atoms with Crippen LogP contribution in [0, 0.1) is 0 Å². The van der Waals surface area contributed by atoms with Crippen LogP contribution in [0.25, 0.3) is 0 Å². The Bertz CT molecular complexity index is 456. The van der Waals surface area contributed by atoms with E-state index in [1.807, 2.05) is 0 Å². The molecule has 1 heterocycles. The van der Waals surface area contributed by atoms with Crippen LogP contribution in [0.2, 0.25) is 0 Å². The van der Waals surface area contributed by atoms with Crippen molar-refractivity contribution in [1.82, 2.24) is 10.2 Å². The number of nitrogens with zero attached hydrogens (tertiary/aromatic N) is 1. The van der Waals surface area contributed by atoms with E-state index in [0.29, 0.717) is 12.1 Å². The second-order valence-electron chi connectivity index (χ2n) is 6.30. The fourth-order valence-electron chi connectivity index (χ4n) is 4.16. The number of hydrogen-bond acceptors (Lipinski definition) is 3. The molecule has 0 spiro atoms. The molecule has 1 aliphatic carbocycles. The number of hydrogen-bond donors (Lipinski definition) is 1. The van der Waals surface area contributed by atoms with Gasteiger partial charge in [-0.2, -0.15) is 0 Å². The molecule has 116 valence electrons. The van der Waals surface area contributed by atoms with E-state index >= 15 is 0 Å². The standard InChI is InChI=1S/C18H28N2O/c1-3-20(14-9-5-4-6-10-14)16-13-21-17-12-8-7-11-15(17)18(16)19-2/h7-8,11-12,14,16,18-19H,3-6,9-10,13H2,1-2H3. The highest BCUT2D eigenvalue weighted by atomic mass is 16.5. The van der Waals surface area contributed by atoms with Gasteiger partial charge in [0.25, 0.3) is 0 Å². The van der Waals surface area contributed by atoms with Crippen LogP contribution in [0.4, 0.5) is 0 Å². The predicted octanol–water partition coefficient (Wildman–Crippen LogP) is 3.36. The van der Waals surface area contributed by atoms with E-state index in [0.717, 1.165) is 24.9 Å². The number of benzene rings is 1. The highest BCUT2D eigenvalue weighted by Crippen LogP contribution is 2.36. The summed E-state index contributed by atoms with van der Waals surface area (Å²) in [5, 5.41) is 3.54. The van der Waals surface area contributed by atoms with Crippen molar-refractivity contribution in [2.24, 2.45) is 0 Å². The number of rotatable bonds is 4. The third-order valence-corrected chi connectivity index (χ3v) is 5.19. The van der Waals surface area contributed by atoms with Gasteiger partial charge in [-0.1, -0.05) is 44.4 Å². The summed E-state index contributed by atoms with van der Waals surface area (Å²) in [7, 11) is 2.08. The quantitative estimate of drug-likeness (QED) is 0.919. The molecular weight excluding hydrogens is 260 g/mol. The van der Waals surface area contributed by atoms with E-state index in [-0.39, 0.29) is 0 Å². The van der Waals surface area contributed by atoms with Gasteiger partial charge in [0.05, 0.1) is 12.1 Å². The summed E-state index contributed by atoms with van der Waals surface area (Å²) >= 11 is 0. The Morgan fingerprint density at radius 3 is 2.67 bits per heavy atom. The van der Waals surface area contributed by atoms with Gasteiger partial charge in [-0.15, -0.1) is 0 Å². The maximum absolute atomic E-state index is 6.06. The molecule has 1 N–H and O–H groups in total. The van der Waals surface area contributed by atoms with Crippen molar-refractivity contribution in [2.45, 2.75) is 57.2 Å². The summed E-state index contributed by atoms with van der Waals surface area (Å²) in [5.74, 6) is 1.05. The Morgan fingerprint density at radius 1 is 1.19 bits per heavy atom. The molecule has 2 unspecified atom stereocenters. The molecular formula is C18H28N2O. The van der Waals surface area contributed by atoms with Crippen LogP contribution < -0.4 is 10.1 Å². The van der Waals surface area contributed by atoms with Crippen LogP contribution in [0.3, 0.4) is 0 Å². The molecule has 0 bridgehead atoms. The molecule has 1 aromatic carbocycles. The summed E-state index contributed by atoms with van der Waals surface area (Å²) in [4.78, 5) is 2.69. The molecule has 3 rings (SSSR count). The first-order valence-corrected chi connectivity index (χ1v) is 8.50. The van der Waals surface area contributed by atoms with E-state index in [1.54, 1.807) is 0 Å². The van der Waals surface area contributed by atoms with Gasteiger partial charge in [0.2, 0.25) is 0 Å². The Hall–Kier alpha value is -1.06. The van der Waals surface area contributed by atoms with Gasteiger partial charge in [0.1, 0.15) is 12.4 Å². The maximum atomic E-state index is 6.06. The summed E-state index contributed by atoms with van der Waals surface area (Å²) in [6.45, 7) is 4.20. The topological polar surface area (TPSA) is 24.5 Å². The fourth-order valence-corrected chi connectivity index (χ4v) is 4.16. The normalized spacial score (nSPS) is 26.4. The SMILES string of the molecule is CCN(C1CCCCC1)C1COc2ccccc2C1NC. The van der Waals surface area contributed by atoms with Crippen LogP contribution in [-0.4, -0.2) is 37.2 Å². The summed E-state index contributed by atoms with van der Waals surface area (Å²) in [6.07, 6.45) is 6.88. The first-order valence-electron chi connectivity index (χ1n) is 8.50. The van der Waals surface area contributed by atoms with E-state index < -0.39 is 0 Å². The van der Waals surface area contributed by atoms with Gasteiger partial charge in [-0.3, -0.25) is 4.90 Å². The van der Waals surface area contributed by atoms with Crippen LogP contribution in [-0.2, 0) is 0 Å². The van der Waals surface area contributed by atoms with Crippen molar-refractivity contribution in [3.63, 3.8) is 0 Å². The fraction of sp³-hybridized carbons (Fsp3) is 0.667. The minimum absolute atomic E-state index is 0.372. The third-order valence-electron chi connectivity index (χ3n) is 5.19. The molecule has 0 amide bonds. The van der Waals surface area contributed by atoms with E-state index in [2.05, 4.69) is 48.5 Å². The lowest BCUT2D eigenvalue weighted by Crippen LogP contribution is -2.53. The molecule has 1 aromatic rings. The molecule has 3 heteroatoms. The van der Waals surface area contributed by atoms with Crippen LogP contribution >= 0.6 is 0 Å². The Labute approximate surface area is 128 Å². The minimum Gasteiger partial charge on any atom is -0.492 e. The van der Waals surface area contributed by atoms with Gasteiger partial charge in [0, 0.05) is 11.6 Å². The summed E-state index contributed by atoms with van der Waals surface area (Å²) in [6, 6.07) is 10.0.